The monoisotopic (exact) mass is 371 g/mol. The largest absolute Gasteiger partial charge is 0.497 e. The number of amides is 1. The lowest BCUT2D eigenvalue weighted by Gasteiger charge is -2.11. The molecule has 0 aliphatic carbocycles. The second-order valence-electron chi connectivity index (χ2n) is 5.75. The second kappa shape index (κ2) is 9.38. The molecule has 7 heteroatoms. The molecular formula is C20H21NO6. The molecule has 0 aromatic heterocycles. The Balaban J connectivity index is 1.86. The van der Waals surface area contributed by atoms with Gasteiger partial charge in [0, 0.05) is 11.8 Å². The van der Waals surface area contributed by atoms with Crippen LogP contribution in [0, 0.1) is 0 Å². The maximum Gasteiger partial charge on any atom is 0.338 e. The predicted molar refractivity (Wildman–Crippen MR) is 99.1 cm³/mol. The molecule has 1 amide bonds. The molecule has 0 fully saturated rings. The van der Waals surface area contributed by atoms with Gasteiger partial charge in [0.15, 0.2) is 18.5 Å². The van der Waals surface area contributed by atoms with Gasteiger partial charge in [-0.3, -0.25) is 9.59 Å². The average Bonchev–Trinajstić information content (AvgIpc) is 2.66. The molecule has 0 saturated heterocycles. The molecule has 1 atom stereocenters. The first kappa shape index (κ1) is 20.0. The fourth-order valence-corrected chi connectivity index (χ4v) is 2.05. The van der Waals surface area contributed by atoms with Crippen LogP contribution in [0.3, 0.4) is 0 Å². The Morgan fingerprint density at radius 3 is 2.37 bits per heavy atom. The molecule has 2 rings (SSSR count). The molecule has 0 saturated carbocycles. The van der Waals surface area contributed by atoms with Crippen LogP contribution in [0.15, 0.2) is 48.5 Å². The molecule has 142 valence electrons. The Labute approximate surface area is 157 Å². The van der Waals surface area contributed by atoms with E-state index in [1.807, 2.05) is 0 Å². The molecule has 0 aliphatic rings. The standard InChI is InChI=1S/C20H21NO6/c1-13(22)14(2)27-20(24)15-7-9-17(10-8-15)26-12-19(23)21-16-5-4-6-18(11-16)25-3/h4-11,14H,12H2,1-3H3,(H,21,23). The first-order valence-corrected chi connectivity index (χ1v) is 8.27. The molecule has 0 aliphatic heterocycles. The van der Waals surface area contributed by atoms with Gasteiger partial charge in [-0.05, 0) is 50.2 Å². The highest BCUT2D eigenvalue weighted by Crippen LogP contribution is 2.17. The lowest BCUT2D eigenvalue weighted by molar-refractivity contribution is -0.124. The number of anilines is 1. The molecule has 27 heavy (non-hydrogen) atoms. The number of nitrogens with one attached hydrogen (secondary N) is 1. The molecule has 1 N–H and O–H groups in total. The van der Waals surface area contributed by atoms with Crippen LogP contribution in [-0.2, 0) is 14.3 Å². The highest BCUT2D eigenvalue weighted by atomic mass is 16.5. The Morgan fingerprint density at radius 1 is 1.04 bits per heavy atom. The van der Waals surface area contributed by atoms with Crippen molar-refractivity contribution in [1.82, 2.24) is 0 Å². The van der Waals surface area contributed by atoms with Crippen LogP contribution in [0.4, 0.5) is 5.69 Å². The Bertz CT molecular complexity index is 815. The Kier molecular flexibility index (Phi) is 6.93. The minimum Gasteiger partial charge on any atom is -0.497 e. The van der Waals surface area contributed by atoms with Gasteiger partial charge in [0.1, 0.15) is 11.5 Å². The third-order valence-corrected chi connectivity index (χ3v) is 3.67. The van der Waals surface area contributed by atoms with Crippen LogP contribution in [-0.4, -0.2) is 37.5 Å². The fourth-order valence-electron chi connectivity index (χ4n) is 2.05. The summed E-state index contributed by atoms with van der Waals surface area (Å²) in [6.07, 6.45) is -0.797. The average molecular weight is 371 g/mol. The lowest BCUT2D eigenvalue weighted by atomic mass is 10.2. The van der Waals surface area contributed by atoms with Crippen molar-refractivity contribution < 1.29 is 28.6 Å². The zero-order valence-corrected chi connectivity index (χ0v) is 15.4. The normalized spacial score (nSPS) is 11.2. The number of hydrogen-bond donors (Lipinski definition) is 1. The van der Waals surface area contributed by atoms with E-state index in [9.17, 15) is 14.4 Å². The fraction of sp³-hybridized carbons (Fsp3) is 0.250. The third kappa shape index (κ3) is 6.14. The Hall–Kier alpha value is -3.35. The van der Waals surface area contributed by atoms with Gasteiger partial charge in [0.05, 0.1) is 12.7 Å². The molecule has 2 aromatic rings. The van der Waals surface area contributed by atoms with Gasteiger partial charge in [-0.1, -0.05) is 6.07 Å². The van der Waals surface area contributed by atoms with E-state index in [2.05, 4.69) is 5.32 Å². The van der Waals surface area contributed by atoms with Crippen molar-refractivity contribution in [2.75, 3.05) is 19.0 Å². The number of benzene rings is 2. The first-order valence-electron chi connectivity index (χ1n) is 8.27. The summed E-state index contributed by atoms with van der Waals surface area (Å²) in [5, 5.41) is 2.70. The summed E-state index contributed by atoms with van der Waals surface area (Å²) in [5.74, 6) is -0.102. The predicted octanol–water partition coefficient (Wildman–Crippen LogP) is 2.85. The molecule has 0 heterocycles. The van der Waals surface area contributed by atoms with Crippen LogP contribution in [0.5, 0.6) is 11.5 Å². The van der Waals surface area contributed by atoms with Gasteiger partial charge in [0.25, 0.3) is 5.91 Å². The molecule has 0 bridgehead atoms. The van der Waals surface area contributed by atoms with Crippen molar-refractivity contribution in [1.29, 1.82) is 0 Å². The van der Waals surface area contributed by atoms with Crippen molar-refractivity contribution in [3.05, 3.63) is 54.1 Å². The molecule has 0 spiro atoms. The number of carbonyl (C=O) groups excluding carboxylic acids is 3. The lowest BCUT2D eigenvalue weighted by Crippen LogP contribution is -2.22. The summed E-state index contributed by atoms with van der Waals surface area (Å²) in [5.41, 5.74) is 0.886. The van der Waals surface area contributed by atoms with Crippen LogP contribution in [0.25, 0.3) is 0 Å². The van der Waals surface area contributed by atoms with Crippen molar-refractivity contribution in [2.45, 2.75) is 20.0 Å². The van der Waals surface area contributed by atoms with Crippen LogP contribution >= 0.6 is 0 Å². The minimum atomic E-state index is -0.797. The summed E-state index contributed by atoms with van der Waals surface area (Å²) in [6.45, 7) is 2.67. The smallest absolute Gasteiger partial charge is 0.338 e. The van der Waals surface area contributed by atoms with Gasteiger partial charge < -0.3 is 19.5 Å². The number of hydrogen-bond acceptors (Lipinski definition) is 6. The van der Waals surface area contributed by atoms with E-state index in [1.54, 1.807) is 43.5 Å². The van der Waals surface area contributed by atoms with E-state index in [1.165, 1.54) is 26.0 Å². The van der Waals surface area contributed by atoms with Crippen LogP contribution < -0.4 is 14.8 Å². The molecule has 2 aromatic carbocycles. The van der Waals surface area contributed by atoms with Gasteiger partial charge in [-0.2, -0.15) is 0 Å². The summed E-state index contributed by atoms with van der Waals surface area (Å²) in [4.78, 5) is 35.0. The number of ether oxygens (including phenoxy) is 3. The van der Waals surface area contributed by atoms with Gasteiger partial charge in [0.2, 0.25) is 0 Å². The number of rotatable bonds is 8. The number of esters is 1. The summed E-state index contributed by atoms with van der Waals surface area (Å²) < 4.78 is 15.5. The number of methoxy groups -OCH3 is 1. The highest BCUT2D eigenvalue weighted by molar-refractivity contribution is 5.93. The SMILES string of the molecule is COc1cccc(NC(=O)COc2ccc(C(=O)OC(C)C(C)=O)cc2)c1. The maximum atomic E-state index is 12.0. The third-order valence-electron chi connectivity index (χ3n) is 3.67. The van der Waals surface area contributed by atoms with Gasteiger partial charge in [-0.25, -0.2) is 4.79 Å². The zero-order chi connectivity index (χ0) is 19.8. The zero-order valence-electron chi connectivity index (χ0n) is 15.4. The first-order chi connectivity index (χ1) is 12.9. The Morgan fingerprint density at radius 2 is 1.74 bits per heavy atom. The van der Waals surface area contributed by atoms with E-state index in [0.29, 0.717) is 17.2 Å². The molecule has 7 nitrogen and oxygen atoms in total. The number of Topliss-reactive ketones (excluding diaryl/α,β-unsaturated/α-hetero) is 1. The van der Waals surface area contributed by atoms with E-state index in [-0.39, 0.29) is 23.9 Å². The topological polar surface area (TPSA) is 90.9 Å². The van der Waals surface area contributed by atoms with Crippen molar-refractivity contribution in [3.63, 3.8) is 0 Å². The number of ketones is 1. The van der Waals surface area contributed by atoms with E-state index in [4.69, 9.17) is 14.2 Å². The van der Waals surface area contributed by atoms with Crippen molar-refractivity contribution in [2.24, 2.45) is 0 Å². The van der Waals surface area contributed by atoms with Gasteiger partial charge in [-0.15, -0.1) is 0 Å². The van der Waals surface area contributed by atoms with E-state index >= 15 is 0 Å². The van der Waals surface area contributed by atoms with Crippen molar-refractivity contribution >= 4 is 23.3 Å². The van der Waals surface area contributed by atoms with Crippen LogP contribution in [0.1, 0.15) is 24.2 Å². The molecule has 0 radical (unpaired) electrons. The number of carbonyl (C=O) groups is 3. The van der Waals surface area contributed by atoms with Crippen LogP contribution in [0.2, 0.25) is 0 Å². The van der Waals surface area contributed by atoms with E-state index < -0.39 is 12.1 Å². The molecule has 1 unspecified atom stereocenters. The summed E-state index contributed by atoms with van der Waals surface area (Å²) >= 11 is 0. The van der Waals surface area contributed by atoms with E-state index in [0.717, 1.165) is 0 Å². The molecular weight excluding hydrogens is 350 g/mol. The second-order valence-corrected chi connectivity index (χ2v) is 5.75. The minimum absolute atomic E-state index is 0.192. The van der Waals surface area contributed by atoms with Crippen molar-refractivity contribution in [3.8, 4) is 11.5 Å². The summed E-state index contributed by atoms with van der Waals surface area (Å²) in [6, 6.07) is 13.1. The maximum absolute atomic E-state index is 12.0. The summed E-state index contributed by atoms with van der Waals surface area (Å²) in [7, 11) is 1.55. The quantitative estimate of drug-likeness (QED) is 0.718. The van der Waals surface area contributed by atoms with Gasteiger partial charge >= 0.3 is 5.97 Å². The highest BCUT2D eigenvalue weighted by Gasteiger charge is 2.15.